The molecule has 0 aliphatic heterocycles. The van der Waals surface area contributed by atoms with Crippen LogP contribution in [0.2, 0.25) is 0 Å². The molecule has 0 aliphatic carbocycles. The van der Waals surface area contributed by atoms with Crippen molar-refractivity contribution in [2.24, 2.45) is 0 Å². The van der Waals surface area contributed by atoms with E-state index in [-0.39, 0.29) is 11.5 Å². The molecular weight excluding hydrogens is 280 g/mol. The maximum Gasteiger partial charge on any atom is 0.158 e. The second-order valence-electron chi connectivity index (χ2n) is 5.75. The lowest BCUT2D eigenvalue weighted by molar-refractivity contribution is 0.594. The first-order valence-electron chi connectivity index (χ1n) is 7.11. The van der Waals surface area contributed by atoms with Gasteiger partial charge in [0, 0.05) is 0 Å². The quantitative estimate of drug-likeness (QED) is 0.854. The summed E-state index contributed by atoms with van der Waals surface area (Å²) in [6.07, 6.45) is 0. The number of rotatable bonds is 4. The molecule has 3 heteroatoms. The zero-order valence-electron chi connectivity index (χ0n) is 13.1. The first-order chi connectivity index (χ1) is 9.80. The van der Waals surface area contributed by atoms with E-state index in [0.29, 0.717) is 0 Å². The Morgan fingerprint density at radius 3 is 1.48 bits per heavy atom. The molecular formula is C18H22O2S. The Balaban J connectivity index is 2.27. The highest BCUT2D eigenvalue weighted by molar-refractivity contribution is 7.89. The van der Waals surface area contributed by atoms with E-state index < -0.39 is 9.84 Å². The summed E-state index contributed by atoms with van der Waals surface area (Å²) in [6.45, 7) is 7.99. The predicted octanol–water partition coefficient (Wildman–Crippen LogP) is 4.04. The van der Waals surface area contributed by atoms with Crippen LogP contribution in [-0.2, 0) is 21.3 Å². The molecule has 0 radical (unpaired) electrons. The molecule has 2 rings (SSSR count). The van der Waals surface area contributed by atoms with Gasteiger partial charge in [0.05, 0.1) is 11.5 Å². The van der Waals surface area contributed by atoms with Crippen LogP contribution in [0.1, 0.15) is 33.4 Å². The highest BCUT2D eigenvalue weighted by Gasteiger charge is 2.16. The van der Waals surface area contributed by atoms with Crippen molar-refractivity contribution in [1.82, 2.24) is 0 Å². The van der Waals surface area contributed by atoms with Gasteiger partial charge in [-0.3, -0.25) is 0 Å². The lowest BCUT2D eigenvalue weighted by Crippen LogP contribution is -2.10. The summed E-state index contributed by atoms with van der Waals surface area (Å²) in [5, 5.41) is 0. The average molecular weight is 302 g/mol. The van der Waals surface area contributed by atoms with Crippen LogP contribution < -0.4 is 0 Å². The van der Waals surface area contributed by atoms with Gasteiger partial charge in [-0.05, 0) is 61.1 Å². The van der Waals surface area contributed by atoms with Crippen LogP contribution in [0.4, 0.5) is 0 Å². The summed E-state index contributed by atoms with van der Waals surface area (Å²) >= 11 is 0. The molecule has 0 aliphatic rings. The lowest BCUT2D eigenvalue weighted by Gasteiger charge is -2.12. The molecule has 0 fully saturated rings. The Hall–Kier alpha value is -1.61. The van der Waals surface area contributed by atoms with Crippen LogP contribution in [-0.4, -0.2) is 8.42 Å². The van der Waals surface area contributed by atoms with Gasteiger partial charge < -0.3 is 0 Å². The summed E-state index contributed by atoms with van der Waals surface area (Å²) in [4.78, 5) is 0. The zero-order chi connectivity index (χ0) is 15.6. The van der Waals surface area contributed by atoms with Gasteiger partial charge in [-0.1, -0.05) is 36.4 Å². The minimum Gasteiger partial charge on any atom is -0.228 e. The summed E-state index contributed by atoms with van der Waals surface area (Å²) in [7, 11) is -3.17. The van der Waals surface area contributed by atoms with E-state index in [0.717, 1.165) is 33.4 Å². The number of benzene rings is 2. The summed E-state index contributed by atoms with van der Waals surface area (Å²) in [5.74, 6) is 0.210. The molecule has 21 heavy (non-hydrogen) atoms. The Kier molecular flexibility index (Phi) is 4.52. The first kappa shape index (κ1) is 15.8. The molecule has 0 unspecified atom stereocenters. The molecule has 0 N–H and O–H groups in total. The normalized spacial score (nSPS) is 11.6. The fourth-order valence-electron chi connectivity index (χ4n) is 2.46. The first-order valence-corrected chi connectivity index (χ1v) is 8.93. The molecule has 2 aromatic carbocycles. The molecule has 0 heterocycles. The Morgan fingerprint density at radius 1 is 0.714 bits per heavy atom. The molecule has 0 atom stereocenters. The van der Waals surface area contributed by atoms with Crippen molar-refractivity contribution >= 4 is 9.84 Å². The topological polar surface area (TPSA) is 34.1 Å². The van der Waals surface area contributed by atoms with Gasteiger partial charge in [-0.25, -0.2) is 8.42 Å². The molecule has 2 aromatic rings. The SMILES string of the molecule is Cc1cccc(CS(=O)(=O)Cc2cccc(C)c2C)c1C. The smallest absolute Gasteiger partial charge is 0.158 e. The zero-order valence-corrected chi connectivity index (χ0v) is 13.9. The van der Waals surface area contributed by atoms with Crippen LogP contribution in [0.5, 0.6) is 0 Å². The second-order valence-corrected chi connectivity index (χ2v) is 7.81. The van der Waals surface area contributed by atoms with Crippen molar-refractivity contribution in [3.05, 3.63) is 69.8 Å². The largest absolute Gasteiger partial charge is 0.228 e. The summed E-state index contributed by atoms with van der Waals surface area (Å²) < 4.78 is 25.0. The van der Waals surface area contributed by atoms with Crippen molar-refractivity contribution < 1.29 is 8.42 Å². The van der Waals surface area contributed by atoms with Crippen LogP contribution in [0.25, 0.3) is 0 Å². The monoisotopic (exact) mass is 302 g/mol. The van der Waals surface area contributed by atoms with E-state index in [1.165, 1.54) is 0 Å². The number of hydrogen-bond donors (Lipinski definition) is 0. The van der Waals surface area contributed by atoms with Crippen LogP contribution in [0.3, 0.4) is 0 Å². The maximum atomic E-state index is 12.5. The predicted molar refractivity (Wildman–Crippen MR) is 88.2 cm³/mol. The van der Waals surface area contributed by atoms with Crippen molar-refractivity contribution in [2.75, 3.05) is 0 Å². The Morgan fingerprint density at radius 2 is 1.10 bits per heavy atom. The molecule has 0 aromatic heterocycles. The van der Waals surface area contributed by atoms with E-state index in [2.05, 4.69) is 0 Å². The molecule has 2 nitrogen and oxygen atoms in total. The van der Waals surface area contributed by atoms with Gasteiger partial charge in [0.2, 0.25) is 0 Å². The van der Waals surface area contributed by atoms with Crippen LogP contribution in [0.15, 0.2) is 36.4 Å². The van der Waals surface area contributed by atoms with E-state index >= 15 is 0 Å². The van der Waals surface area contributed by atoms with E-state index in [4.69, 9.17) is 0 Å². The van der Waals surface area contributed by atoms with Gasteiger partial charge in [0.15, 0.2) is 9.84 Å². The van der Waals surface area contributed by atoms with Crippen molar-refractivity contribution in [1.29, 1.82) is 0 Å². The minimum absolute atomic E-state index is 0.105. The molecule has 0 saturated heterocycles. The average Bonchev–Trinajstić information content (AvgIpc) is 2.40. The lowest BCUT2D eigenvalue weighted by atomic mass is 10.1. The fourth-order valence-corrected chi connectivity index (χ4v) is 4.14. The van der Waals surface area contributed by atoms with Crippen LogP contribution in [0, 0.1) is 27.7 Å². The van der Waals surface area contributed by atoms with Crippen molar-refractivity contribution in [3.8, 4) is 0 Å². The molecule has 112 valence electrons. The number of sulfone groups is 1. The van der Waals surface area contributed by atoms with E-state index in [1.54, 1.807) is 0 Å². The summed E-state index contributed by atoms with van der Waals surface area (Å²) in [5.41, 5.74) is 6.22. The third-order valence-electron chi connectivity index (χ3n) is 4.18. The molecule has 0 saturated carbocycles. The van der Waals surface area contributed by atoms with E-state index in [1.807, 2.05) is 64.1 Å². The van der Waals surface area contributed by atoms with Crippen molar-refractivity contribution in [3.63, 3.8) is 0 Å². The summed E-state index contributed by atoms with van der Waals surface area (Å²) in [6, 6.07) is 11.7. The minimum atomic E-state index is -3.17. The number of aryl methyl sites for hydroxylation is 2. The standard InChI is InChI=1S/C18H22O2S/c1-13-7-5-9-17(15(13)3)11-21(19,20)12-18-10-6-8-14(2)16(18)4/h5-10H,11-12H2,1-4H3. The third kappa shape index (κ3) is 3.73. The Labute approximate surface area is 127 Å². The van der Waals surface area contributed by atoms with E-state index in [9.17, 15) is 8.42 Å². The van der Waals surface area contributed by atoms with Gasteiger partial charge >= 0.3 is 0 Å². The third-order valence-corrected chi connectivity index (χ3v) is 5.69. The highest BCUT2D eigenvalue weighted by atomic mass is 32.2. The maximum absolute atomic E-state index is 12.5. The van der Waals surface area contributed by atoms with Crippen molar-refractivity contribution in [2.45, 2.75) is 39.2 Å². The van der Waals surface area contributed by atoms with Crippen LogP contribution >= 0.6 is 0 Å². The molecule has 0 spiro atoms. The van der Waals surface area contributed by atoms with Gasteiger partial charge in [0.1, 0.15) is 0 Å². The van der Waals surface area contributed by atoms with Gasteiger partial charge in [0.25, 0.3) is 0 Å². The highest BCUT2D eigenvalue weighted by Crippen LogP contribution is 2.20. The number of hydrogen-bond acceptors (Lipinski definition) is 2. The van der Waals surface area contributed by atoms with Gasteiger partial charge in [-0.15, -0.1) is 0 Å². The van der Waals surface area contributed by atoms with Gasteiger partial charge in [-0.2, -0.15) is 0 Å². The fraction of sp³-hybridized carbons (Fsp3) is 0.333. The Bertz CT molecular complexity index is 699. The second kappa shape index (κ2) is 6.02. The molecule has 0 bridgehead atoms. The molecule has 0 amide bonds.